The zero-order chi connectivity index (χ0) is 14.0. The van der Waals surface area contributed by atoms with Crippen molar-refractivity contribution < 1.29 is 18.7 Å². The molecule has 1 aromatic rings. The van der Waals surface area contributed by atoms with Gasteiger partial charge in [0.2, 0.25) is 0 Å². The Balaban J connectivity index is 2.32. The van der Waals surface area contributed by atoms with E-state index in [9.17, 15) is 18.7 Å². The van der Waals surface area contributed by atoms with E-state index in [1.54, 1.807) is 0 Å². The summed E-state index contributed by atoms with van der Waals surface area (Å²) in [5, 5.41) is 9.43. The Labute approximate surface area is 115 Å². The molecule has 1 aromatic carbocycles. The van der Waals surface area contributed by atoms with Gasteiger partial charge in [-0.25, -0.2) is 0 Å². The molecule has 0 bridgehead atoms. The molecule has 3 N–H and O–H groups in total. The quantitative estimate of drug-likeness (QED) is 0.825. The van der Waals surface area contributed by atoms with Gasteiger partial charge in [0.15, 0.2) is 0 Å². The van der Waals surface area contributed by atoms with Crippen molar-refractivity contribution in [2.24, 2.45) is 5.73 Å². The second-order valence-electron chi connectivity index (χ2n) is 4.49. The number of carboxylic acid groups (broad SMARTS) is 1. The number of nitrogens with two attached hydrogens (primary N) is 1. The van der Waals surface area contributed by atoms with Crippen LogP contribution >= 0.6 is 0 Å². The second-order valence-corrected chi connectivity index (χ2v) is 7.54. The van der Waals surface area contributed by atoms with Gasteiger partial charge in [0.25, 0.3) is 0 Å². The van der Waals surface area contributed by atoms with E-state index >= 15 is 0 Å². The van der Waals surface area contributed by atoms with Gasteiger partial charge in [-0.1, -0.05) is 0 Å². The Morgan fingerprint density at radius 2 is 2.00 bits per heavy atom. The van der Waals surface area contributed by atoms with Crippen LogP contribution in [0.15, 0.2) is 42.0 Å². The molecule has 0 saturated heterocycles. The van der Waals surface area contributed by atoms with Gasteiger partial charge >= 0.3 is 115 Å². The van der Waals surface area contributed by atoms with Crippen LogP contribution in [0.5, 0.6) is 0 Å². The van der Waals surface area contributed by atoms with Crippen LogP contribution < -0.4 is 10.2 Å². The second kappa shape index (κ2) is 5.41. The van der Waals surface area contributed by atoms with Crippen LogP contribution in [0.4, 0.5) is 8.78 Å². The summed E-state index contributed by atoms with van der Waals surface area (Å²) in [6.07, 6.45) is -1.91. The van der Waals surface area contributed by atoms with Gasteiger partial charge in [0.05, 0.1) is 0 Å². The van der Waals surface area contributed by atoms with Crippen molar-refractivity contribution in [3.8, 4) is 0 Å². The molecular formula is C13H13F2NO2Se. The number of carboxylic acids is 1. The van der Waals surface area contributed by atoms with E-state index in [1.165, 1.54) is 0 Å². The van der Waals surface area contributed by atoms with E-state index in [2.05, 4.69) is 0 Å². The Bertz CT molecular complexity index is 517. The van der Waals surface area contributed by atoms with E-state index in [-0.39, 0.29) is 18.4 Å². The number of rotatable bonds is 3. The molecule has 2 atom stereocenters. The van der Waals surface area contributed by atoms with Crippen LogP contribution in [0, 0.1) is 0 Å². The number of aliphatic carboxylic acids is 1. The first-order chi connectivity index (χ1) is 8.94. The van der Waals surface area contributed by atoms with Gasteiger partial charge in [-0.3, -0.25) is 0 Å². The normalized spacial score (nSPS) is 26.5. The van der Waals surface area contributed by atoms with Gasteiger partial charge in [-0.15, -0.1) is 0 Å². The third-order valence-corrected chi connectivity index (χ3v) is 6.07. The zero-order valence-corrected chi connectivity index (χ0v) is 11.7. The molecule has 0 amide bonds. The van der Waals surface area contributed by atoms with Gasteiger partial charge < -0.3 is 0 Å². The average molecular weight is 332 g/mol. The first-order valence-electron chi connectivity index (χ1n) is 5.72. The summed E-state index contributed by atoms with van der Waals surface area (Å²) < 4.78 is 25.2. The maximum atomic E-state index is 12.7. The summed E-state index contributed by atoms with van der Waals surface area (Å²) in [5.41, 5.74) is 5.45. The third-order valence-electron chi connectivity index (χ3n) is 3.16. The molecule has 1 fully saturated rings. The Morgan fingerprint density at radius 1 is 1.37 bits per heavy atom. The van der Waals surface area contributed by atoms with Gasteiger partial charge in [0, 0.05) is 0 Å². The molecule has 0 heterocycles. The summed E-state index contributed by atoms with van der Waals surface area (Å²) in [7, 11) is 0. The van der Waals surface area contributed by atoms with Crippen molar-refractivity contribution in [1.29, 1.82) is 0 Å². The summed E-state index contributed by atoms with van der Waals surface area (Å²) >= 11 is -0.436. The molecule has 102 valence electrons. The van der Waals surface area contributed by atoms with E-state index in [4.69, 9.17) is 5.73 Å². The van der Waals surface area contributed by atoms with Gasteiger partial charge in [-0.05, 0) is 0 Å². The molecule has 0 aliphatic heterocycles. The van der Waals surface area contributed by atoms with Crippen molar-refractivity contribution in [3.05, 3.63) is 42.0 Å². The molecule has 6 heteroatoms. The van der Waals surface area contributed by atoms with E-state index < -0.39 is 37.4 Å². The first-order valence-corrected chi connectivity index (χ1v) is 7.43. The molecule has 0 radical (unpaired) electrons. The molecule has 1 aliphatic rings. The number of hydrogen-bond donors (Lipinski definition) is 2. The molecule has 2 rings (SSSR count). The minimum atomic E-state index is -1.83. The summed E-state index contributed by atoms with van der Waals surface area (Å²) in [6.45, 7) is 0. The van der Waals surface area contributed by atoms with Crippen molar-refractivity contribution in [3.63, 3.8) is 0 Å². The summed E-state index contributed by atoms with van der Waals surface area (Å²) in [6, 6.07) is 8.25. The van der Waals surface area contributed by atoms with Crippen LogP contribution in [0.25, 0.3) is 0 Å². The maximum absolute atomic E-state index is 12.7. The van der Waals surface area contributed by atoms with Crippen LogP contribution in [0.2, 0.25) is 4.31 Å². The fraction of sp³-hybridized carbons (Fsp3) is 0.308. The predicted molar refractivity (Wildman–Crippen MR) is 68.6 cm³/mol. The van der Waals surface area contributed by atoms with Gasteiger partial charge in [0.1, 0.15) is 0 Å². The van der Waals surface area contributed by atoms with Crippen molar-refractivity contribution in [2.75, 3.05) is 0 Å². The van der Waals surface area contributed by atoms with Gasteiger partial charge in [-0.2, -0.15) is 0 Å². The number of carbonyl (C=O) groups is 1. The number of halogens is 2. The molecule has 3 nitrogen and oxygen atoms in total. The van der Waals surface area contributed by atoms with Crippen molar-refractivity contribution in [1.82, 2.24) is 0 Å². The van der Waals surface area contributed by atoms with E-state index in [0.717, 1.165) is 4.46 Å². The van der Waals surface area contributed by atoms with E-state index in [1.807, 2.05) is 30.3 Å². The zero-order valence-electron chi connectivity index (χ0n) is 9.98. The monoisotopic (exact) mass is 333 g/mol. The standard InChI is InChI=1S/C13H13F2NO2Se/c14-11(15)9-6-13(12(17)18,7-10(9)16)19-8-4-2-1-3-5-8/h1-5,10H,6-7,16H2,(H,17,18)/t10-,13?/m0/s1. The number of benzene rings is 1. The first kappa shape index (κ1) is 14.2. The molecule has 0 spiro atoms. The van der Waals surface area contributed by atoms with E-state index in [0.29, 0.717) is 0 Å². The minimum absolute atomic E-state index is 0.0733. The van der Waals surface area contributed by atoms with Crippen LogP contribution in [0.1, 0.15) is 12.8 Å². The topological polar surface area (TPSA) is 63.3 Å². The van der Waals surface area contributed by atoms with Crippen molar-refractivity contribution >= 4 is 25.4 Å². The fourth-order valence-electron chi connectivity index (χ4n) is 2.19. The average Bonchev–Trinajstić information content (AvgIpc) is 2.69. The molecule has 19 heavy (non-hydrogen) atoms. The fourth-order valence-corrected chi connectivity index (χ4v) is 4.97. The third kappa shape index (κ3) is 2.86. The number of hydrogen-bond acceptors (Lipinski definition) is 2. The molecule has 0 aromatic heterocycles. The summed E-state index contributed by atoms with van der Waals surface area (Å²) in [4.78, 5) is 11.5. The molecule has 1 aliphatic carbocycles. The Morgan fingerprint density at radius 3 is 2.47 bits per heavy atom. The predicted octanol–water partition coefficient (Wildman–Crippen LogP) is 1.53. The van der Waals surface area contributed by atoms with Crippen LogP contribution in [-0.2, 0) is 4.79 Å². The molecule has 1 unspecified atom stereocenters. The van der Waals surface area contributed by atoms with Crippen LogP contribution in [-0.4, -0.2) is 32.1 Å². The van der Waals surface area contributed by atoms with Crippen molar-refractivity contribution in [2.45, 2.75) is 23.2 Å². The SMILES string of the molecule is N[C@H]1CC([Se]c2ccccc2)(C(=O)O)CC1=C(F)F. The van der Waals surface area contributed by atoms with Crippen LogP contribution in [0.3, 0.4) is 0 Å². The summed E-state index contributed by atoms with van der Waals surface area (Å²) in [5.74, 6) is -1.04. The molecular weight excluding hydrogens is 319 g/mol. The Kier molecular flexibility index (Phi) is 4.04. The Hall–Kier alpha value is -1.23. The molecule has 1 saturated carbocycles.